The molecule has 2 aliphatic rings. The lowest BCUT2D eigenvalue weighted by Gasteiger charge is -2.34. The van der Waals surface area contributed by atoms with Gasteiger partial charge in [0.1, 0.15) is 0 Å². The van der Waals surface area contributed by atoms with Gasteiger partial charge in [-0.2, -0.15) is 0 Å². The van der Waals surface area contributed by atoms with Crippen LogP contribution in [0, 0.1) is 0 Å². The first kappa shape index (κ1) is 16.6. The molecule has 0 atom stereocenters. The maximum absolute atomic E-state index is 12.8. The first-order valence-electron chi connectivity index (χ1n) is 8.88. The number of amides is 1. The van der Waals surface area contributed by atoms with Gasteiger partial charge in [0.2, 0.25) is 0 Å². The van der Waals surface area contributed by atoms with Gasteiger partial charge in [-0.1, -0.05) is 0 Å². The number of rotatable bonds is 4. The Morgan fingerprint density at radius 2 is 2.12 bits per heavy atom. The molecule has 0 saturated carbocycles. The van der Waals surface area contributed by atoms with Gasteiger partial charge in [0.05, 0.1) is 10.6 Å². The minimum absolute atomic E-state index is 0.202. The maximum Gasteiger partial charge on any atom is 0.264 e. The molecule has 2 aliphatic heterocycles. The van der Waals surface area contributed by atoms with Crippen molar-refractivity contribution >= 4 is 17.2 Å². The first-order chi connectivity index (χ1) is 12.3. The SMILES string of the molecule is O=C(c1cc2c(s1)CCNC2)N1CCN(CCc2cnccn2)CC1. The third-order valence-corrected chi connectivity index (χ3v) is 6.14. The van der Waals surface area contributed by atoms with Crippen LogP contribution in [0.25, 0.3) is 0 Å². The van der Waals surface area contributed by atoms with E-state index >= 15 is 0 Å². The normalized spacial score (nSPS) is 18.2. The summed E-state index contributed by atoms with van der Waals surface area (Å²) in [5, 5.41) is 3.37. The molecule has 132 valence electrons. The van der Waals surface area contributed by atoms with Gasteiger partial charge < -0.3 is 10.2 Å². The Bertz CT molecular complexity index is 701. The summed E-state index contributed by atoms with van der Waals surface area (Å²) in [5.74, 6) is 0.202. The number of carbonyl (C=O) groups is 1. The average Bonchev–Trinajstić information content (AvgIpc) is 3.11. The van der Waals surface area contributed by atoms with E-state index in [4.69, 9.17) is 0 Å². The summed E-state index contributed by atoms with van der Waals surface area (Å²) >= 11 is 1.69. The molecule has 0 spiro atoms. The van der Waals surface area contributed by atoms with Gasteiger partial charge in [-0.3, -0.25) is 19.7 Å². The molecule has 1 N–H and O–H groups in total. The van der Waals surface area contributed by atoms with Crippen molar-refractivity contribution in [3.63, 3.8) is 0 Å². The monoisotopic (exact) mass is 357 g/mol. The minimum atomic E-state index is 0.202. The number of fused-ring (bicyclic) bond motifs is 1. The molecule has 6 nitrogen and oxygen atoms in total. The lowest BCUT2D eigenvalue weighted by molar-refractivity contribution is 0.0643. The zero-order valence-corrected chi connectivity index (χ0v) is 15.1. The summed E-state index contributed by atoms with van der Waals surface area (Å²) in [5.41, 5.74) is 2.33. The van der Waals surface area contributed by atoms with Crippen LogP contribution in [-0.4, -0.2) is 64.9 Å². The Hall–Kier alpha value is -1.83. The van der Waals surface area contributed by atoms with Crippen LogP contribution in [0.4, 0.5) is 0 Å². The summed E-state index contributed by atoms with van der Waals surface area (Å²) in [6, 6.07) is 2.09. The highest BCUT2D eigenvalue weighted by atomic mass is 32.1. The molecule has 2 aromatic heterocycles. The standard InChI is InChI=1S/C18H23N5OS/c24-18(17-11-14-12-19-3-1-16(14)25-17)23-9-7-22(8-10-23)6-2-15-13-20-4-5-21-15/h4-5,11,13,19H,1-3,6-10,12H2. The highest BCUT2D eigenvalue weighted by Gasteiger charge is 2.25. The lowest BCUT2D eigenvalue weighted by Crippen LogP contribution is -2.49. The van der Waals surface area contributed by atoms with Crippen LogP contribution in [-0.2, 0) is 19.4 Å². The van der Waals surface area contributed by atoms with E-state index in [1.165, 1.54) is 10.4 Å². The van der Waals surface area contributed by atoms with E-state index in [2.05, 4.69) is 26.3 Å². The smallest absolute Gasteiger partial charge is 0.264 e. The molecule has 0 unspecified atom stereocenters. The van der Waals surface area contributed by atoms with E-state index in [9.17, 15) is 4.79 Å². The quantitative estimate of drug-likeness (QED) is 0.890. The molecule has 0 radical (unpaired) electrons. The van der Waals surface area contributed by atoms with Crippen molar-refractivity contribution in [1.82, 2.24) is 25.1 Å². The predicted molar refractivity (Wildman–Crippen MR) is 97.8 cm³/mol. The van der Waals surface area contributed by atoms with Crippen LogP contribution < -0.4 is 5.32 Å². The fraction of sp³-hybridized carbons (Fsp3) is 0.500. The molecular weight excluding hydrogens is 334 g/mol. The van der Waals surface area contributed by atoms with Gasteiger partial charge in [-0.15, -0.1) is 11.3 Å². The van der Waals surface area contributed by atoms with Crippen LogP contribution >= 0.6 is 11.3 Å². The summed E-state index contributed by atoms with van der Waals surface area (Å²) in [6.45, 7) is 6.36. The van der Waals surface area contributed by atoms with Gasteiger partial charge in [0.25, 0.3) is 5.91 Å². The Morgan fingerprint density at radius 3 is 2.88 bits per heavy atom. The number of thiophene rings is 1. The van der Waals surface area contributed by atoms with Crippen LogP contribution in [0.5, 0.6) is 0 Å². The van der Waals surface area contributed by atoms with Gasteiger partial charge >= 0.3 is 0 Å². The largest absolute Gasteiger partial charge is 0.335 e. The van der Waals surface area contributed by atoms with Gasteiger partial charge in [0.15, 0.2) is 0 Å². The molecule has 25 heavy (non-hydrogen) atoms. The second kappa shape index (κ2) is 7.59. The number of carbonyl (C=O) groups excluding carboxylic acids is 1. The van der Waals surface area contributed by atoms with Gasteiger partial charge in [-0.25, -0.2) is 0 Å². The number of nitrogens with one attached hydrogen (secondary N) is 1. The van der Waals surface area contributed by atoms with Gasteiger partial charge in [-0.05, 0) is 18.1 Å². The summed E-state index contributed by atoms with van der Waals surface area (Å²) < 4.78 is 0. The second-order valence-corrected chi connectivity index (χ2v) is 7.70. The molecule has 4 heterocycles. The van der Waals surface area contributed by atoms with Crippen molar-refractivity contribution in [2.75, 3.05) is 39.3 Å². The molecule has 0 aliphatic carbocycles. The highest BCUT2D eigenvalue weighted by Crippen LogP contribution is 2.26. The fourth-order valence-corrected chi connectivity index (χ4v) is 4.57. The topological polar surface area (TPSA) is 61.4 Å². The van der Waals surface area contributed by atoms with Crippen molar-refractivity contribution in [3.05, 3.63) is 45.7 Å². The summed E-state index contributed by atoms with van der Waals surface area (Å²) in [4.78, 5) is 27.9. The summed E-state index contributed by atoms with van der Waals surface area (Å²) in [6.07, 6.45) is 7.22. The van der Waals surface area contributed by atoms with Crippen molar-refractivity contribution in [2.45, 2.75) is 19.4 Å². The molecule has 0 aromatic carbocycles. The van der Waals surface area contributed by atoms with Crippen LogP contribution in [0.15, 0.2) is 24.7 Å². The zero-order chi connectivity index (χ0) is 17.1. The Labute approximate surface area is 151 Å². The molecule has 0 bridgehead atoms. The predicted octanol–water partition coefficient (Wildman–Crippen LogP) is 1.18. The Morgan fingerprint density at radius 1 is 1.24 bits per heavy atom. The fourth-order valence-electron chi connectivity index (χ4n) is 3.42. The molecule has 1 amide bonds. The van der Waals surface area contributed by atoms with Crippen molar-refractivity contribution in [2.24, 2.45) is 0 Å². The van der Waals surface area contributed by atoms with Crippen LogP contribution in [0.1, 0.15) is 25.8 Å². The third-order valence-electron chi connectivity index (χ3n) is 4.91. The van der Waals surface area contributed by atoms with E-state index in [0.29, 0.717) is 0 Å². The highest BCUT2D eigenvalue weighted by molar-refractivity contribution is 7.14. The molecule has 2 aromatic rings. The van der Waals surface area contributed by atoms with E-state index in [-0.39, 0.29) is 5.91 Å². The third kappa shape index (κ3) is 3.89. The van der Waals surface area contributed by atoms with Crippen LogP contribution in [0.3, 0.4) is 0 Å². The Kier molecular flexibility index (Phi) is 5.05. The van der Waals surface area contributed by atoms with Crippen molar-refractivity contribution in [1.29, 1.82) is 0 Å². The number of aromatic nitrogens is 2. The minimum Gasteiger partial charge on any atom is -0.335 e. The maximum atomic E-state index is 12.8. The van der Waals surface area contributed by atoms with Crippen molar-refractivity contribution < 1.29 is 4.79 Å². The lowest BCUT2D eigenvalue weighted by atomic mass is 10.1. The van der Waals surface area contributed by atoms with E-state index < -0.39 is 0 Å². The number of hydrogen-bond donors (Lipinski definition) is 1. The molecule has 4 rings (SSSR count). The molecule has 7 heteroatoms. The Balaban J connectivity index is 1.29. The second-order valence-electron chi connectivity index (χ2n) is 6.57. The zero-order valence-electron chi connectivity index (χ0n) is 14.3. The molecular formula is C18H23N5OS. The molecule has 1 fully saturated rings. The molecule has 1 saturated heterocycles. The van der Waals surface area contributed by atoms with Crippen molar-refractivity contribution in [3.8, 4) is 0 Å². The number of piperazine rings is 1. The number of nitrogens with zero attached hydrogens (tertiary/aromatic N) is 4. The van der Waals surface area contributed by atoms with E-state index in [1.807, 2.05) is 11.1 Å². The van der Waals surface area contributed by atoms with E-state index in [1.54, 1.807) is 23.7 Å². The average molecular weight is 357 g/mol. The van der Waals surface area contributed by atoms with Gasteiger partial charge in [0, 0.05) is 75.7 Å². The summed E-state index contributed by atoms with van der Waals surface area (Å²) in [7, 11) is 0. The van der Waals surface area contributed by atoms with E-state index in [0.717, 1.165) is 69.2 Å². The van der Waals surface area contributed by atoms with Crippen LogP contribution in [0.2, 0.25) is 0 Å². The number of hydrogen-bond acceptors (Lipinski definition) is 6. The first-order valence-corrected chi connectivity index (χ1v) is 9.70.